The monoisotopic (exact) mass is 268 g/mol. The third-order valence-corrected chi connectivity index (χ3v) is 3.15. The zero-order valence-corrected chi connectivity index (χ0v) is 12.1. The van der Waals surface area contributed by atoms with Crippen molar-refractivity contribution < 1.29 is 14.3 Å². The predicted molar refractivity (Wildman–Crippen MR) is 73.8 cm³/mol. The van der Waals surface area contributed by atoms with Crippen molar-refractivity contribution in [1.29, 1.82) is 0 Å². The maximum Gasteiger partial charge on any atom is 0.407 e. The van der Waals surface area contributed by atoms with Gasteiger partial charge in [-0.1, -0.05) is 13.0 Å². The molecule has 0 aromatic heterocycles. The van der Waals surface area contributed by atoms with Crippen LogP contribution >= 0.6 is 0 Å². The van der Waals surface area contributed by atoms with E-state index in [1.54, 1.807) is 6.92 Å². The van der Waals surface area contributed by atoms with Crippen molar-refractivity contribution in [2.24, 2.45) is 0 Å². The number of likely N-dealkylation sites (tertiary alicyclic amines) is 1. The number of hydrogen-bond donors (Lipinski definition) is 1. The molecule has 5 heteroatoms. The Morgan fingerprint density at radius 1 is 1.42 bits per heavy atom. The first-order chi connectivity index (χ1) is 9.08. The predicted octanol–water partition coefficient (Wildman–Crippen LogP) is 2.08. The van der Waals surface area contributed by atoms with Crippen molar-refractivity contribution in [3.05, 3.63) is 11.6 Å². The van der Waals surface area contributed by atoms with Gasteiger partial charge in [-0.2, -0.15) is 0 Å². The number of rotatable bonds is 4. The smallest absolute Gasteiger partial charge is 0.407 e. The second-order valence-electron chi connectivity index (χ2n) is 4.75. The van der Waals surface area contributed by atoms with Crippen LogP contribution in [0.2, 0.25) is 0 Å². The Morgan fingerprint density at radius 3 is 2.79 bits per heavy atom. The molecule has 0 unspecified atom stereocenters. The number of carbonyl (C=O) groups is 2. The molecule has 0 aromatic carbocycles. The van der Waals surface area contributed by atoms with Crippen molar-refractivity contribution >= 4 is 12.0 Å². The third kappa shape index (κ3) is 4.93. The molecule has 19 heavy (non-hydrogen) atoms. The van der Waals surface area contributed by atoms with Crippen molar-refractivity contribution in [2.45, 2.75) is 46.1 Å². The molecule has 5 nitrogen and oxygen atoms in total. The fraction of sp³-hybridized carbons (Fsp3) is 0.714. The minimum atomic E-state index is -0.400. The van der Waals surface area contributed by atoms with E-state index in [4.69, 9.17) is 4.74 Å². The normalized spacial score (nSPS) is 20.1. The van der Waals surface area contributed by atoms with Crippen LogP contribution in [0.3, 0.4) is 0 Å². The molecule has 0 spiro atoms. The molecule has 1 rings (SSSR count). The number of hydrogen-bond acceptors (Lipinski definition) is 3. The summed E-state index contributed by atoms with van der Waals surface area (Å²) in [5.41, 5.74) is 0.777. The molecular formula is C14H24N2O3. The lowest BCUT2D eigenvalue weighted by atomic mass is 10.0. The van der Waals surface area contributed by atoms with Gasteiger partial charge in [-0.15, -0.1) is 0 Å². The molecule has 108 valence electrons. The van der Waals surface area contributed by atoms with Gasteiger partial charge < -0.3 is 15.0 Å². The summed E-state index contributed by atoms with van der Waals surface area (Å²) in [7, 11) is 0. The molecule has 0 aromatic rings. The highest BCUT2D eigenvalue weighted by atomic mass is 16.5. The van der Waals surface area contributed by atoms with E-state index in [1.165, 1.54) is 0 Å². The number of piperidine rings is 1. The maximum absolute atomic E-state index is 12.2. The number of nitrogens with zero attached hydrogens (tertiary/aromatic N) is 1. The molecule has 1 aliphatic heterocycles. The number of nitrogens with one attached hydrogen (secondary N) is 1. The second kappa shape index (κ2) is 7.81. The lowest BCUT2D eigenvalue weighted by Crippen LogP contribution is -2.49. The first kappa shape index (κ1) is 15.5. The van der Waals surface area contributed by atoms with Crippen LogP contribution in [-0.4, -0.2) is 42.6 Å². The average Bonchev–Trinajstić information content (AvgIpc) is 2.38. The molecule has 0 bridgehead atoms. The third-order valence-electron chi connectivity index (χ3n) is 3.15. The summed E-state index contributed by atoms with van der Waals surface area (Å²) in [4.78, 5) is 25.3. The van der Waals surface area contributed by atoms with Crippen molar-refractivity contribution in [3.8, 4) is 0 Å². The Hall–Kier alpha value is -1.52. The van der Waals surface area contributed by atoms with Gasteiger partial charge in [0.1, 0.15) is 0 Å². The summed E-state index contributed by atoms with van der Waals surface area (Å²) in [6.07, 6.45) is 4.18. The van der Waals surface area contributed by atoms with Crippen LogP contribution in [0.5, 0.6) is 0 Å². The second-order valence-corrected chi connectivity index (χ2v) is 4.75. The van der Waals surface area contributed by atoms with Gasteiger partial charge in [0.15, 0.2) is 0 Å². The summed E-state index contributed by atoms with van der Waals surface area (Å²) in [6, 6.07) is -0.00817. The van der Waals surface area contributed by atoms with E-state index >= 15 is 0 Å². The summed E-state index contributed by atoms with van der Waals surface area (Å²) in [5.74, 6) is 0.0669. The number of allylic oxidation sites excluding steroid dienone is 1. The zero-order valence-electron chi connectivity index (χ0n) is 12.1. The van der Waals surface area contributed by atoms with E-state index in [0.717, 1.165) is 31.4 Å². The minimum Gasteiger partial charge on any atom is -0.450 e. The Balaban J connectivity index is 2.52. The fourth-order valence-electron chi connectivity index (χ4n) is 2.26. The molecule has 1 fully saturated rings. The van der Waals surface area contributed by atoms with Crippen LogP contribution in [0.1, 0.15) is 40.0 Å². The number of amides is 2. The highest BCUT2D eigenvalue weighted by Crippen LogP contribution is 2.13. The Labute approximate surface area is 115 Å². The van der Waals surface area contributed by atoms with Crippen LogP contribution in [-0.2, 0) is 9.53 Å². The molecule has 0 saturated carbocycles. The summed E-state index contributed by atoms with van der Waals surface area (Å²) in [6.45, 7) is 7.31. The quantitative estimate of drug-likeness (QED) is 0.794. The molecule has 0 radical (unpaired) electrons. The molecule has 1 saturated heterocycles. The molecular weight excluding hydrogens is 244 g/mol. The van der Waals surface area contributed by atoms with Gasteiger partial charge in [0.2, 0.25) is 5.91 Å². The van der Waals surface area contributed by atoms with E-state index in [-0.39, 0.29) is 11.9 Å². The molecule has 1 N–H and O–H groups in total. The molecule has 1 heterocycles. The first-order valence-corrected chi connectivity index (χ1v) is 6.97. The van der Waals surface area contributed by atoms with Crippen LogP contribution in [0.4, 0.5) is 4.79 Å². The number of carbonyl (C=O) groups excluding carboxylic acids is 2. The number of ether oxygens (including phenoxy) is 1. The topological polar surface area (TPSA) is 58.6 Å². The van der Waals surface area contributed by atoms with Crippen LogP contribution in [0, 0.1) is 0 Å². The Kier molecular flexibility index (Phi) is 6.39. The summed E-state index contributed by atoms with van der Waals surface area (Å²) >= 11 is 0. The van der Waals surface area contributed by atoms with Gasteiger partial charge in [-0.25, -0.2) is 4.79 Å². The number of alkyl carbamates (subject to hydrolysis) is 1. The molecule has 0 aliphatic carbocycles. The average molecular weight is 268 g/mol. The molecule has 1 atom stereocenters. The van der Waals surface area contributed by atoms with Crippen LogP contribution in [0.15, 0.2) is 11.6 Å². The lowest BCUT2D eigenvalue weighted by Gasteiger charge is -2.33. The van der Waals surface area contributed by atoms with Gasteiger partial charge in [0.05, 0.1) is 6.61 Å². The lowest BCUT2D eigenvalue weighted by molar-refractivity contribution is -0.128. The van der Waals surface area contributed by atoms with Gasteiger partial charge in [-0.3, -0.25) is 4.79 Å². The van der Waals surface area contributed by atoms with Gasteiger partial charge in [0, 0.05) is 24.7 Å². The molecule has 1 aliphatic rings. The van der Waals surface area contributed by atoms with E-state index in [9.17, 15) is 9.59 Å². The highest BCUT2D eigenvalue weighted by Gasteiger charge is 2.25. The first-order valence-electron chi connectivity index (χ1n) is 6.97. The van der Waals surface area contributed by atoms with Crippen molar-refractivity contribution in [3.63, 3.8) is 0 Å². The summed E-state index contributed by atoms with van der Waals surface area (Å²) in [5, 5.41) is 2.80. The van der Waals surface area contributed by atoms with Gasteiger partial charge >= 0.3 is 6.09 Å². The van der Waals surface area contributed by atoms with E-state index in [1.807, 2.05) is 24.8 Å². The van der Waals surface area contributed by atoms with Crippen LogP contribution < -0.4 is 5.32 Å². The Morgan fingerprint density at radius 2 is 2.16 bits per heavy atom. The fourth-order valence-corrected chi connectivity index (χ4v) is 2.26. The Bertz CT molecular complexity index is 353. The van der Waals surface area contributed by atoms with E-state index < -0.39 is 6.09 Å². The standard InChI is InChI=1S/C14H24N2O3/c1-4-7-11(3)13(17)16-9-6-8-12(10-16)15-14(18)19-5-2/h7,12H,4-6,8-10H2,1-3H3,(H,15,18)/b11-7-/t12-/m1/s1. The van der Waals surface area contributed by atoms with Gasteiger partial charge in [0.25, 0.3) is 0 Å². The van der Waals surface area contributed by atoms with Crippen LogP contribution in [0.25, 0.3) is 0 Å². The maximum atomic E-state index is 12.2. The highest BCUT2D eigenvalue weighted by molar-refractivity contribution is 5.92. The SMILES string of the molecule is CC/C=C(/C)C(=O)N1CCC[C@@H](NC(=O)OCC)C1. The zero-order chi connectivity index (χ0) is 14.3. The van der Waals surface area contributed by atoms with E-state index in [2.05, 4.69) is 5.32 Å². The van der Waals surface area contributed by atoms with Gasteiger partial charge in [-0.05, 0) is 33.1 Å². The molecule has 2 amide bonds. The minimum absolute atomic E-state index is 0.00817. The van der Waals surface area contributed by atoms with Crippen molar-refractivity contribution in [2.75, 3.05) is 19.7 Å². The van der Waals surface area contributed by atoms with Crippen molar-refractivity contribution in [1.82, 2.24) is 10.2 Å². The largest absolute Gasteiger partial charge is 0.450 e. The summed E-state index contributed by atoms with van der Waals surface area (Å²) < 4.78 is 4.86. The van der Waals surface area contributed by atoms with E-state index in [0.29, 0.717) is 13.2 Å².